The highest BCUT2D eigenvalue weighted by Gasteiger charge is 2.33. The molecule has 5 nitrogen and oxygen atoms in total. The fourth-order valence-corrected chi connectivity index (χ4v) is 3.47. The number of thiocarbonyl (C=S) groups is 1. The highest BCUT2D eigenvalue weighted by atomic mass is 32.2. The molecule has 0 unspecified atom stereocenters. The summed E-state index contributed by atoms with van der Waals surface area (Å²) in [6.07, 6.45) is 5.19. The first-order chi connectivity index (χ1) is 13.9. The highest BCUT2D eigenvalue weighted by molar-refractivity contribution is 8.26. The summed E-state index contributed by atoms with van der Waals surface area (Å²) in [7, 11) is 0. The van der Waals surface area contributed by atoms with Crippen molar-refractivity contribution in [2.45, 2.75) is 6.61 Å². The van der Waals surface area contributed by atoms with Crippen LogP contribution in [-0.2, 0) is 4.79 Å². The zero-order valence-electron chi connectivity index (χ0n) is 14.7. The average molecular weight is 432 g/mol. The first-order valence-electron chi connectivity index (χ1n) is 8.29. The number of nitrogens with one attached hydrogen (secondary N) is 1. The summed E-state index contributed by atoms with van der Waals surface area (Å²) in [6, 6.07) is 14.7. The number of thioether (sulfide) groups is 1. The van der Waals surface area contributed by atoms with Crippen LogP contribution in [0.2, 0.25) is 0 Å². The molecule has 1 saturated heterocycles. The highest BCUT2D eigenvalue weighted by Crippen LogP contribution is 2.30. The van der Waals surface area contributed by atoms with E-state index in [0.717, 1.165) is 22.3 Å². The zero-order chi connectivity index (χ0) is 20.8. The van der Waals surface area contributed by atoms with Gasteiger partial charge in [0.25, 0.3) is 11.8 Å². The molecule has 0 aromatic heterocycles. The second-order valence-corrected chi connectivity index (χ2v) is 7.33. The number of hydrogen-bond donors (Lipinski definition) is 1. The molecule has 0 aliphatic carbocycles. The van der Waals surface area contributed by atoms with Crippen molar-refractivity contribution in [2.75, 3.05) is 0 Å². The number of rotatable bonds is 6. The Kier molecular flexibility index (Phi) is 6.73. The fraction of sp³-hybridized carbons (Fsp3) is 0.0500. The van der Waals surface area contributed by atoms with Crippen LogP contribution >= 0.6 is 24.0 Å². The lowest BCUT2D eigenvalue weighted by Gasteiger charge is -2.15. The summed E-state index contributed by atoms with van der Waals surface area (Å²) in [5, 5.41) is 0.980. The van der Waals surface area contributed by atoms with E-state index >= 15 is 0 Å². The van der Waals surface area contributed by atoms with Crippen molar-refractivity contribution < 1.29 is 23.1 Å². The molecule has 9 heteroatoms. The Bertz CT molecular complexity index is 977. The molecule has 1 aliphatic heterocycles. The third-order valence-electron chi connectivity index (χ3n) is 3.68. The maximum Gasteiger partial charge on any atom is 0.387 e. The van der Waals surface area contributed by atoms with Crippen molar-refractivity contribution in [1.82, 2.24) is 10.4 Å². The second-order valence-electron chi connectivity index (χ2n) is 5.65. The number of carbonyl (C=O) groups is 2. The molecule has 0 bridgehead atoms. The van der Waals surface area contributed by atoms with Crippen LogP contribution in [0.1, 0.15) is 15.9 Å². The minimum Gasteiger partial charge on any atom is -0.435 e. The molecule has 0 spiro atoms. The smallest absolute Gasteiger partial charge is 0.387 e. The lowest BCUT2D eigenvalue weighted by atomic mass is 10.2. The van der Waals surface area contributed by atoms with Crippen LogP contribution in [0, 0.1) is 0 Å². The minimum absolute atomic E-state index is 0.0738. The van der Waals surface area contributed by atoms with Gasteiger partial charge in [-0.15, -0.1) is 0 Å². The Morgan fingerprint density at radius 3 is 2.48 bits per heavy atom. The molecule has 1 heterocycles. The van der Waals surface area contributed by atoms with E-state index in [-0.39, 0.29) is 15.6 Å². The molecule has 1 aliphatic rings. The Balaban J connectivity index is 1.64. The molecular weight excluding hydrogens is 418 g/mol. The van der Waals surface area contributed by atoms with Crippen LogP contribution in [0.4, 0.5) is 8.78 Å². The lowest BCUT2D eigenvalue weighted by Crippen LogP contribution is -2.44. The molecule has 148 valence electrons. The van der Waals surface area contributed by atoms with Gasteiger partial charge in [-0.25, -0.2) is 0 Å². The van der Waals surface area contributed by atoms with Crippen LogP contribution in [0.15, 0.2) is 71.7 Å². The topological polar surface area (TPSA) is 58.6 Å². The third-order valence-corrected chi connectivity index (χ3v) is 5.00. The van der Waals surface area contributed by atoms with Gasteiger partial charge in [0.1, 0.15) is 5.75 Å². The number of amides is 2. The van der Waals surface area contributed by atoms with E-state index in [1.165, 1.54) is 24.3 Å². The second kappa shape index (κ2) is 9.44. The van der Waals surface area contributed by atoms with Gasteiger partial charge < -0.3 is 4.74 Å². The van der Waals surface area contributed by atoms with Crippen LogP contribution in [0.3, 0.4) is 0 Å². The summed E-state index contributed by atoms with van der Waals surface area (Å²) in [4.78, 5) is 25.2. The molecule has 0 radical (unpaired) electrons. The van der Waals surface area contributed by atoms with Gasteiger partial charge >= 0.3 is 6.61 Å². The van der Waals surface area contributed by atoms with Crippen LogP contribution < -0.4 is 10.2 Å². The predicted molar refractivity (Wildman–Crippen MR) is 111 cm³/mol. The Labute approximate surface area is 175 Å². The van der Waals surface area contributed by atoms with Gasteiger partial charge in [0, 0.05) is 5.56 Å². The van der Waals surface area contributed by atoms with Gasteiger partial charge in [-0.3, -0.25) is 15.0 Å². The van der Waals surface area contributed by atoms with Crippen LogP contribution in [0.25, 0.3) is 6.08 Å². The van der Waals surface area contributed by atoms with E-state index in [0.29, 0.717) is 4.91 Å². The molecule has 1 fully saturated rings. The monoisotopic (exact) mass is 432 g/mol. The third kappa shape index (κ3) is 5.49. The van der Waals surface area contributed by atoms with E-state index in [1.54, 1.807) is 12.2 Å². The quantitative estimate of drug-likeness (QED) is 0.542. The van der Waals surface area contributed by atoms with E-state index < -0.39 is 18.4 Å². The van der Waals surface area contributed by atoms with Crippen molar-refractivity contribution in [3.63, 3.8) is 0 Å². The van der Waals surface area contributed by atoms with Gasteiger partial charge in [0.15, 0.2) is 4.32 Å². The number of halogens is 2. The predicted octanol–water partition coefficient (Wildman–Crippen LogP) is 4.39. The molecule has 2 aromatic rings. The first kappa shape index (κ1) is 20.7. The Morgan fingerprint density at radius 1 is 1.14 bits per heavy atom. The number of carbonyl (C=O) groups excluding carboxylic acids is 2. The van der Waals surface area contributed by atoms with Crippen LogP contribution in [0.5, 0.6) is 5.75 Å². The number of benzene rings is 2. The first-order valence-corrected chi connectivity index (χ1v) is 9.52. The summed E-state index contributed by atoms with van der Waals surface area (Å²) in [5.41, 5.74) is 3.56. The van der Waals surface area contributed by atoms with Gasteiger partial charge in [-0.05, 0) is 48.1 Å². The maximum atomic E-state index is 12.5. The van der Waals surface area contributed by atoms with Crippen molar-refractivity contribution in [3.8, 4) is 5.75 Å². The average Bonchev–Trinajstić information content (AvgIpc) is 2.96. The summed E-state index contributed by atoms with van der Waals surface area (Å²) < 4.78 is 28.8. The molecule has 0 atom stereocenters. The van der Waals surface area contributed by atoms with E-state index in [4.69, 9.17) is 12.2 Å². The number of hydrogen-bond acceptors (Lipinski definition) is 5. The normalized spacial score (nSPS) is 15.6. The molecule has 1 N–H and O–H groups in total. The van der Waals surface area contributed by atoms with Gasteiger partial charge in [-0.1, -0.05) is 54.2 Å². The van der Waals surface area contributed by atoms with Gasteiger partial charge in [-0.2, -0.15) is 13.8 Å². The van der Waals surface area contributed by atoms with E-state index in [9.17, 15) is 18.4 Å². The van der Waals surface area contributed by atoms with Crippen molar-refractivity contribution in [2.24, 2.45) is 0 Å². The molecule has 2 aromatic carbocycles. The molecule has 0 saturated carbocycles. The summed E-state index contributed by atoms with van der Waals surface area (Å²) >= 11 is 6.22. The number of nitrogens with zero attached hydrogens (tertiary/aromatic N) is 1. The maximum absolute atomic E-state index is 12.5. The SMILES string of the molecule is O=C(NN1C(=O)/C(=C\C=C\c2ccccc2)SC1=S)c1ccc(OC(F)F)cc1. The van der Waals surface area contributed by atoms with E-state index in [1.807, 2.05) is 36.4 Å². The van der Waals surface area contributed by atoms with Crippen molar-refractivity contribution >= 4 is 46.2 Å². The lowest BCUT2D eigenvalue weighted by molar-refractivity contribution is -0.123. The van der Waals surface area contributed by atoms with Gasteiger partial charge in [0.05, 0.1) is 4.91 Å². The van der Waals surface area contributed by atoms with Crippen molar-refractivity contribution in [1.29, 1.82) is 0 Å². The molecular formula is C20H14F2N2O3S2. The summed E-state index contributed by atoms with van der Waals surface area (Å²) in [5.74, 6) is -1.13. The minimum atomic E-state index is -2.95. The molecule has 29 heavy (non-hydrogen) atoms. The fourth-order valence-electron chi connectivity index (χ4n) is 2.34. The van der Waals surface area contributed by atoms with Crippen molar-refractivity contribution in [3.05, 3.63) is 82.8 Å². The molecule has 2 amide bonds. The standard InChI is InChI=1S/C20H14F2N2O3S2/c21-19(22)27-15-11-9-14(10-12-15)17(25)23-24-18(26)16(29-20(24)28)8-4-7-13-5-2-1-3-6-13/h1-12,19H,(H,23,25)/b7-4+,16-8+. The Hall–Kier alpha value is -3.04. The number of alkyl halides is 2. The zero-order valence-corrected chi connectivity index (χ0v) is 16.4. The number of allylic oxidation sites excluding steroid dienone is 2. The van der Waals surface area contributed by atoms with Crippen LogP contribution in [-0.4, -0.2) is 27.8 Å². The Morgan fingerprint density at radius 2 is 1.83 bits per heavy atom. The van der Waals surface area contributed by atoms with Gasteiger partial charge in [0.2, 0.25) is 0 Å². The largest absolute Gasteiger partial charge is 0.435 e. The summed E-state index contributed by atoms with van der Waals surface area (Å²) in [6.45, 7) is -2.95. The number of hydrazine groups is 1. The number of ether oxygens (including phenoxy) is 1. The van der Waals surface area contributed by atoms with E-state index in [2.05, 4.69) is 10.2 Å². The molecule has 3 rings (SSSR count).